The molecule has 3 nitrogen and oxygen atoms in total. The number of amides is 1. The lowest BCUT2D eigenvalue weighted by Crippen LogP contribution is -2.25. The van der Waals surface area contributed by atoms with Crippen molar-refractivity contribution in [1.82, 2.24) is 5.32 Å². The molecule has 6 heteroatoms. The second-order valence-electron chi connectivity index (χ2n) is 4.20. The van der Waals surface area contributed by atoms with Gasteiger partial charge in [-0.25, -0.2) is 8.78 Å². The normalized spacial score (nSPS) is 12.2. The Balaban J connectivity index is 1.84. The van der Waals surface area contributed by atoms with Gasteiger partial charge in [0.2, 0.25) is 0 Å². The minimum absolute atomic E-state index is 0.0505. The first-order valence-corrected chi connectivity index (χ1v) is 6.90. The minimum Gasteiger partial charge on any atom is -0.388 e. The summed E-state index contributed by atoms with van der Waals surface area (Å²) in [5.41, 5.74) is 0.0505. The number of hydrogen-bond acceptors (Lipinski definition) is 3. The van der Waals surface area contributed by atoms with E-state index in [-0.39, 0.29) is 12.1 Å². The summed E-state index contributed by atoms with van der Waals surface area (Å²) < 4.78 is 25.7. The Labute approximate surface area is 118 Å². The van der Waals surface area contributed by atoms with Gasteiger partial charge in [0, 0.05) is 17.0 Å². The number of hydrogen-bond donors (Lipinski definition) is 2. The van der Waals surface area contributed by atoms with E-state index in [0.717, 1.165) is 17.0 Å². The molecule has 1 amide bonds. The van der Waals surface area contributed by atoms with Crippen molar-refractivity contribution >= 4 is 17.2 Å². The summed E-state index contributed by atoms with van der Waals surface area (Å²) in [6.07, 6.45) is -0.282. The second kappa shape index (κ2) is 6.58. The van der Waals surface area contributed by atoms with Crippen LogP contribution in [-0.2, 0) is 0 Å². The largest absolute Gasteiger partial charge is 0.388 e. The molecular weight excluding hydrogens is 284 g/mol. The van der Waals surface area contributed by atoms with Gasteiger partial charge in [0.15, 0.2) is 11.6 Å². The van der Waals surface area contributed by atoms with Crippen molar-refractivity contribution in [1.29, 1.82) is 0 Å². The number of rotatable bonds is 5. The van der Waals surface area contributed by atoms with Gasteiger partial charge in [-0.2, -0.15) is 0 Å². The molecule has 0 saturated carbocycles. The monoisotopic (exact) mass is 297 g/mol. The highest BCUT2D eigenvalue weighted by molar-refractivity contribution is 7.10. The number of halogens is 2. The summed E-state index contributed by atoms with van der Waals surface area (Å²) in [6, 6.07) is 6.62. The highest BCUT2D eigenvalue weighted by Crippen LogP contribution is 2.20. The van der Waals surface area contributed by atoms with Crippen molar-refractivity contribution in [3.63, 3.8) is 0 Å². The maximum absolute atomic E-state index is 13.0. The highest BCUT2D eigenvalue weighted by atomic mass is 32.1. The molecule has 0 aliphatic heterocycles. The summed E-state index contributed by atoms with van der Waals surface area (Å²) in [6.45, 7) is 0.247. The van der Waals surface area contributed by atoms with E-state index in [9.17, 15) is 18.7 Å². The fourth-order valence-electron chi connectivity index (χ4n) is 1.68. The molecular formula is C14H13F2NO2S. The fourth-order valence-corrected chi connectivity index (χ4v) is 2.43. The quantitative estimate of drug-likeness (QED) is 0.891. The lowest BCUT2D eigenvalue weighted by Gasteiger charge is -2.09. The first kappa shape index (κ1) is 14.6. The average Bonchev–Trinajstić information content (AvgIpc) is 2.95. The van der Waals surface area contributed by atoms with Gasteiger partial charge in [0.25, 0.3) is 5.91 Å². The molecule has 0 fully saturated rings. The van der Waals surface area contributed by atoms with Crippen LogP contribution in [-0.4, -0.2) is 17.6 Å². The van der Waals surface area contributed by atoms with Crippen LogP contribution < -0.4 is 5.32 Å². The van der Waals surface area contributed by atoms with Gasteiger partial charge in [-0.1, -0.05) is 6.07 Å². The molecule has 0 unspecified atom stereocenters. The van der Waals surface area contributed by atoms with Crippen LogP contribution in [0.2, 0.25) is 0 Å². The Morgan fingerprint density at radius 2 is 2.10 bits per heavy atom. The van der Waals surface area contributed by atoms with Crippen molar-refractivity contribution in [3.05, 3.63) is 57.8 Å². The maximum Gasteiger partial charge on any atom is 0.251 e. The van der Waals surface area contributed by atoms with Crippen LogP contribution in [0.1, 0.15) is 27.8 Å². The molecule has 106 valence electrons. The van der Waals surface area contributed by atoms with E-state index in [2.05, 4.69) is 5.32 Å². The first-order chi connectivity index (χ1) is 9.58. The van der Waals surface area contributed by atoms with Gasteiger partial charge in [-0.15, -0.1) is 11.3 Å². The van der Waals surface area contributed by atoms with Crippen LogP contribution in [0.5, 0.6) is 0 Å². The van der Waals surface area contributed by atoms with E-state index < -0.39 is 23.6 Å². The standard InChI is InChI=1S/C14H13F2NO2S/c15-10-4-3-9(8-11(10)16)14(19)17-6-5-12(18)13-2-1-7-20-13/h1-4,7-8,12,18H,5-6H2,(H,17,19)/t12-/m1/s1. The Hall–Kier alpha value is -1.79. The molecule has 1 atom stereocenters. The van der Waals surface area contributed by atoms with Gasteiger partial charge in [-0.05, 0) is 36.1 Å². The predicted molar refractivity (Wildman–Crippen MR) is 72.6 cm³/mol. The molecule has 2 N–H and O–H groups in total. The summed E-state index contributed by atoms with van der Waals surface area (Å²) in [7, 11) is 0. The third-order valence-corrected chi connectivity index (χ3v) is 3.73. The molecule has 1 heterocycles. The molecule has 0 spiro atoms. The van der Waals surface area contributed by atoms with E-state index in [1.807, 2.05) is 17.5 Å². The molecule has 0 aliphatic rings. The second-order valence-corrected chi connectivity index (χ2v) is 5.18. The van der Waals surface area contributed by atoms with Crippen LogP contribution in [0.4, 0.5) is 8.78 Å². The third kappa shape index (κ3) is 3.61. The number of aliphatic hydroxyl groups excluding tert-OH is 1. The van der Waals surface area contributed by atoms with Crippen LogP contribution in [0.3, 0.4) is 0 Å². The van der Waals surface area contributed by atoms with E-state index >= 15 is 0 Å². The Morgan fingerprint density at radius 3 is 2.75 bits per heavy atom. The average molecular weight is 297 g/mol. The SMILES string of the molecule is O=C(NCC[C@@H](O)c1cccs1)c1ccc(F)c(F)c1. The molecule has 0 bridgehead atoms. The van der Waals surface area contributed by atoms with E-state index in [4.69, 9.17) is 0 Å². The van der Waals surface area contributed by atoms with Gasteiger partial charge >= 0.3 is 0 Å². The number of benzene rings is 1. The van der Waals surface area contributed by atoms with Crippen LogP contribution in [0.25, 0.3) is 0 Å². The summed E-state index contributed by atoms with van der Waals surface area (Å²) in [5.74, 6) is -2.55. The molecule has 0 radical (unpaired) electrons. The Kier molecular flexibility index (Phi) is 4.81. The smallest absolute Gasteiger partial charge is 0.251 e. The van der Waals surface area contributed by atoms with E-state index in [1.54, 1.807) is 0 Å². The Bertz CT molecular complexity index is 587. The molecule has 20 heavy (non-hydrogen) atoms. The van der Waals surface area contributed by atoms with Crippen LogP contribution in [0, 0.1) is 11.6 Å². The number of carbonyl (C=O) groups excluding carboxylic acids is 1. The zero-order chi connectivity index (χ0) is 14.5. The third-order valence-electron chi connectivity index (χ3n) is 2.76. The number of carbonyl (C=O) groups is 1. The number of aliphatic hydroxyl groups is 1. The molecule has 2 rings (SSSR count). The lowest BCUT2D eigenvalue weighted by atomic mass is 10.2. The zero-order valence-corrected chi connectivity index (χ0v) is 11.3. The van der Waals surface area contributed by atoms with Crippen LogP contribution >= 0.6 is 11.3 Å². The highest BCUT2D eigenvalue weighted by Gasteiger charge is 2.11. The summed E-state index contributed by atoms with van der Waals surface area (Å²) in [4.78, 5) is 12.5. The van der Waals surface area contributed by atoms with Gasteiger partial charge in [-0.3, -0.25) is 4.79 Å². The van der Waals surface area contributed by atoms with E-state index in [0.29, 0.717) is 6.42 Å². The predicted octanol–water partition coefficient (Wildman–Crippen LogP) is 2.88. The van der Waals surface area contributed by atoms with Gasteiger partial charge < -0.3 is 10.4 Å². The van der Waals surface area contributed by atoms with Crippen molar-refractivity contribution in [3.8, 4) is 0 Å². The first-order valence-electron chi connectivity index (χ1n) is 6.02. The number of nitrogens with one attached hydrogen (secondary N) is 1. The van der Waals surface area contributed by atoms with Gasteiger partial charge in [0.05, 0.1) is 6.10 Å². The number of thiophene rings is 1. The lowest BCUT2D eigenvalue weighted by molar-refractivity contribution is 0.0942. The molecule has 1 aromatic carbocycles. The minimum atomic E-state index is -1.06. The maximum atomic E-state index is 13.0. The van der Waals surface area contributed by atoms with Gasteiger partial charge in [0.1, 0.15) is 0 Å². The van der Waals surface area contributed by atoms with Crippen molar-refractivity contribution in [2.75, 3.05) is 6.54 Å². The molecule has 1 aromatic heterocycles. The van der Waals surface area contributed by atoms with Crippen molar-refractivity contribution < 1.29 is 18.7 Å². The molecule has 2 aromatic rings. The summed E-state index contributed by atoms with van der Waals surface area (Å²) in [5, 5.41) is 14.2. The van der Waals surface area contributed by atoms with Crippen LogP contribution in [0.15, 0.2) is 35.7 Å². The van der Waals surface area contributed by atoms with Crippen molar-refractivity contribution in [2.24, 2.45) is 0 Å². The van der Waals surface area contributed by atoms with E-state index in [1.165, 1.54) is 17.4 Å². The van der Waals surface area contributed by atoms with Crippen molar-refractivity contribution in [2.45, 2.75) is 12.5 Å². The molecule has 0 aliphatic carbocycles. The topological polar surface area (TPSA) is 49.3 Å². The zero-order valence-electron chi connectivity index (χ0n) is 10.5. The Morgan fingerprint density at radius 1 is 1.30 bits per heavy atom. The fraction of sp³-hybridized carbons (Fsp3) is 0.214. The summed E-state index contributed by atoms with van der Waals surface area (Å²) >= 11 is 1.44. The molecule has 0 saturated heterocycles.